The van der Waals surface area contributed by atoms with Crippen molar-refractivity contribution in [2.75, 3.05) is 6.61 Å². The second kappa shape index (κ2) is 6.58. The molecule has 2 aromatic rings. The highest BCUT2D eigenvalue weighted by atomic mass is 32.1. The zero-order chi connectivity index (χ0) is 15.5. The number of hydrogen-bond acceptors (Lipinski definition) is 5. The van der Waals surface area contributed by atoms with Gasteiger partial charge in [0.1, 0.15) is 5.56 Å². The Hall–Kier alpha value is -1.73. The second-order valence-corrected chi connectivity index (χ2v) is 6.49. The average molecular weight is 321 g/mol. The van der Waals surface area contributed by atoms with Gasteiger partial charge in [-0.05, 0) is 32.6 Å². The average Bonchev–Trinajstić information content (AvgIpc) is 3.17. The lowest BCUT2D eigenvalue weighted by Crippen LogP contribution is -2.37. The molecule has 1 fully saturated rings. The van der Waals surface area contributed by atoms with Gasteiger partial charge in [0.25, 0.3) is 11.5 Å². The molecule has 22 heavy (non-hydrogen) atoms. The van der Waals surface area contributed by atoms with Gasteiger partial charge >= 0.3 is 0 Å². The van der Waals surface area contributed by atoms with E-state index in [9.17, 15) is 9.59 Å². The van der Waals surface area contributed by atoms with Crippen molar-refractivity contribution in [1.82, 2.24) is 14.7 Å². The van der Waals surface area contributed by atoms with Crippen molar-refractivity contribution in [2.24, 2.45) is 0 Å². The minimum absolute atomic E-state index is 0.000674. The first-order valence-electron chi connectivity index (χ1n) is 7.52. The highest BCUT2D eigenvalue weighted by molar-refractivity contribution is 7.15. The zero-order valence-electron chi connectivity index (χ0n) is 12.4. The third kappa shape index (κ3) is 3.20. The number of aromatic nitrogens is 2. The molecule has 0 aromatic carbocycles. The van der Waals surface area contributed by atoms with Crippen LogP contribution in [0.2, 0.25) is 0 Å². The Morgan fingerprint density at radius 2 is 2.50 bits per heavy atom. The maximum atomic E-state index is 12.2. The van der Waals surface area contributed by atoms with Gasteiger partial charge < -0.3 is 10.1 Å². The molecule has 0 radical (unpaired) electrons. The first-order valence-corrected chi connectivity index (χ1v) is 8.40. The van der Waals surface area contributed by atoms with Crippen molar-refractivity contribution in [3.63, 3.8) is 0 Å². The summed E-state index contributed by atoms with van der Waals surface area (Å²) in [5.41, 5.74) is -0.241. The van der Waals surface area contributed by atoms with Gasteiger partial charge in [-0.3, -0.25) is 14.0 Å². The number of rotatable bonds is 5. The van der Waals surface area contributed by atoms with E-state index in [1.54, 1.807) is 11.6 Å². The molecule has 1 N–H and O–H groups in total. The van der Waals surface area contributed by atoms with Crippen LogP contribution < -0.4 is 10.9 Å². The van der Waals surface area contributed by atoms with Crippen molar-refractivity contribution in [3.05, 3.63) is 33.7 Å². The van der Waals surface area contributed by atoms with Crippen LogP contribution in [-0.2, 0) is 4.74 Å². The SMILES string of the molecule is C[C@@H](CC[C@H]1CCCO1)NC(=O)c1cnc2sccn2c1=O. The predicted octanol–water partition coefficient (Wildman–Crippen LogP) is 1.83. The molecular formula is C15H19N3O3S. The van der Waals surface area contributed by atoms with Crippen molar-refractivity contribution in [1.29, 1.82) is 0 Å². The van der Waals surface area contributed by atoms with Crippen LogP contribution >= 0.6 is 11.3 Å². The Bertz CT molecular complexity index is 718. The smallest absolute Gasteiger partial charge is 0.271 e. The van der Waals surface area contributed by atoms with Crippen LogP contribution in [0.4, 0.5) is 0 Å². The summed E-state index contributed by atoms with van der Waals surface area (Å²) in [4.78, 5) is 29.2. The topological polar surface area (TPSA) is 72.7 Å². The maximum absolute atomic E-state index is 12.2. The number of nitrogens with one attached hydrogen (secondary N) is 1. The van der Waals surface area contributed by atoms with E-state index in [0.29, 0.717) is 11.1 Å². The minimum Gasteiger partial charge on any atom is -0.378 e. The molecule has 0 bridgehead atoms. The fourth-order valence-corrected chi connectivity index (χ4v) is 3.34. The Labute approximate surface area is 132 Å². The first kappa shape index (κ1) is 15.2. The van der Waals surface area contributed by atoms with Gasteiger partial charge in [-0.25, -0.2) is 4.98 Å². The van der Waals surface area contributed by atoms with Crippen LogP contribution in [0.3, 0.4) is 0 Å². The summed E-state index contributed by atoms with van der Waals surface area (Å²) in [6.45, 7) is 2.79. The first-order chi connectivity index (χ1) is 10.6. The van der Waals surface area contributed by atoms with Gasteiger partial charge in [0.15, 0.2) is 4.96 Å². The molecule has 1 amide bonds. The van der Waals surface area contributed by atoms with Crippen LogP contribution in [0, 0.1) is 0 Å². The minimum atomic E-state index is -0.363. The molecule has 1 saturated heterocycles. The van der Waals surface area contributed by atoms with E-state index in [-0.39, 0.29) is 23.1 Å². The summed E-state index contributed by atoms with van der Waals surface area (Å²) in [6, 6.07) is -0.000674. The van der Waals surface area contributed by atoms with Crippen LogP contribution in [0.15, 0.2) is 22.6 Å². The summed E-state index contributed by atoms with van der Waals surface area (Å²) in [7, 11) is 0. The molecular weight excluding hydrogens is 302 g/mol. The van der Waals surface area contributed by atoms with Crippen molar-refractivity contribution in [2.45, 2.75) is 44.8 Å². The molecule has 0 spiro atoms. The zero-order valence-corrected chi connectivity index (χ0v) is 13.3. The molecule has 3 heterocycles. The molecule has 0 aliphatic carbocycles. The molecule has 2 atom stereocenters. The third-order valence-electron chi connectivity index (χ3n) is 3.91. The monoisotopic (exact) mass is 321 g/mol. The van der Waals surface area contributed by atoms with Gasteiger partial charge in [-0.2, -0.15) is 0 Å². The number of thiazole rings is 1. The molecule has 6 nitrogen and oxygen atoms in total. The Balaban J connectivity index is 1.62. The van der Waals surface area contributed by atoms with Gasteiger partial charge in [0, 0.05) is 30.4 Å². The Morgan fingerprint density at radius 1 is 1.64 bits per heavy atom. The number of carbonyl (C=O) groups excluding carboxylic acids is 1. The van der Waals surface area contributed by atoms with Crippen molar-refractivity contribution < 1.29 is 9.53 Å². The van der Waals surface area contributed by atoms with E-state index in [0.717, 1.165) is 32.3 Å². The van der Waals surface area contributed by atoms with Crippen molar-refractivity contribution in [3.8, 4) is 0 Å². The predicted molar refractivity (Wildman–Crippen MR) is 84.5 cm³/mol. The van der Waals surface area contributed by atoms with Gasteiger partial charge in [0.2, 0.25) is 0 Å². The van der Waals surface area contributed by atoms with Gasteiger partial charge in [0.05, 0.1) is 6.10 Å². The quantitative estimate of drug-likeness (QED) is 0.912. The Morgan fingerprint density at radius 3 is 3.27 bits per heavy atom. The largest absolute Gasteiger partial charge is 0.378 e. The van der Waals surface area contributed by atoms with Crippen LogP contribution in [0.25, 0.3) is 4.96 Å². The summed E-state index contributed by atoms with van der Waals surface area (Å²) in [5, 5.41) is 4.65. The summed E-state index contributed by atoms with van der Waals surface area (Å²) >= 11 is 1.36. The van der Waals surface area contributed by atoms with Gasteiger partial charge in [-0.15, -0.1) is 11.3 Å². The molecule has 118 valence electrons. The second-order valence-electron chi connectivity index (χ2n) is 5.62. The maximum Gasteiger partial charge on any atom is 0.271 e. The molecule has 1 aliphatic rings. The van der Waals surface area contributed by atoms with E-state index in [4.69, 9.17) is 4.74 Å². The molecule has 3 rings (SSSR count). The highest BCUT2D eigenvalue weighted by Crippen LogP contribution is 2.17. The summed E-state index contributed by atoms with van der Waals surface area (Å²) < 4.78 is 6.98. The third-order valence-corrected chi connectivity index (χ3v) is 4.68. The number of amides is 1. The summed E-state index contributed by atoms with van der Waals surface area (Å²) in [6.07, 6.45) is 7.29. The number of nitrogens with zero attached hydrogens (tertiary/aromatic N) is 2. The van der Waals surface area contributed by atoms with Crippen molar-refractivity contribution >= 4 is 22.2 Å². The molecule has 2 aromatic heterocycles. The standard InChI is InChI=1S/C15H19N3O3S/c1-10(4-5-11-3-2-7-21-11)17-13(19)12-9-16-15-18(14(12)20)6-8-22-15/h6,8-11H,2-5,7H2,1H3,(H,17,19)/t10-,11+/m0/s1. The molecule has 7 heteroatoms. The number of ether oxygens (including phenoxy) is 1. The van der Waals surface area contributed by atoms with E-state index in [1.807, 2.05) is 6.92 Å². The lowest BCUT2D eigenvalue weighted by molar-refractivity contribution is 0.0898. The van der Waals surface area contributed by atoms with Crippen LogP contribution in [0.5, 0.6) is 0 Å². The van der Waals surface area contributed by atoms with E-state index >= 15 is 0 Å². The molecule has 0 unspecified atom stereocenters. The van der Waals surface area contributed by atoms with E-state index < -0.39 is 0 Å². The van der Waals surface area contributed by atoms with Gasteiger partial charge in [-0.1, -0.05) is 0 Å². The highest BCUT2D eigenvalue weighted by Gasteiger charge is 2.19. The van der Waals surface area contributed by atoms with Crippen LogP contribution in [-0.4, -0.2) is 34.0 Å². The Kier molecular flexibility index (Phi) is 4.54. The lowest BCUT2D eigenvalue weighted by Gasteiger charge is -2.16. The fraction of sp³-hybridized carbons (Fsp3) is 0.533. The molecule has 1 aliphatic heterocycles. The van der Waals surface area contributed by atoms with Crippen LogP contribution in [0.1, 0.15) is 43.0 Å². The number of carbonyl (C=O) groups is 1. The summed E-state index contributed by atoms with van der Waals surface area (Å²) in [5.74, 6) is -0.363. The van der Waals surface area contributed by atoms with E-state index in [2.05, 4.69) is 10.3 Å². The number of fused-ring (bicyclic) bond motifs is 1. The fourth-order valence-electron chi connectivity index (χ4n) is 2.66. The van der Waals surface area contributed by atoms with E-state index in [1.165, 1.54) is 21.9 Å². The normalized spacial score (nSPS) is 19.4. The lowest BCUT2D eigenvalue weighted by atomic mass is 10.1. The number of hydrogen-bond donors (Lipinski definition) is 1. The molecule has 0 saturated carbocycles.